The van der Waals surface area contributed by atoms with E-state index in [1.807, 2.05) is 19.1 Å². The first-order valence-electron chi connectivity index (χ1n) is 5.22. The van der Waals surface area contributed by atoms with Crippen LogP contribution in [0.25, 0.3) is 0 Å². The van der Waals surface area contributed by atoms with E-state index in [1.54, 1.807) is 18.6 Å². The number of carbonyl (C=O) groups is 1. The van der Waals surface area contributed by atoms with E-state index >= 15 is 0 Å². The molecule has 6 heteroatoms. The lowest BCUT2D eigenvalue weighted by Gasteiger charge is -2.14. The average Bonchev–Trinajstić information content (AvgIpc) is 2.82. The van der Waals surface area contributed by atoms with Gasteiger partial charge in [0.05, 0.1) is 17.9 Å². The molecule has 2 heterocycles. The van der Waals surface area contributed by atoms with Crippen molar-refractivity contribution in [1.29, 1.82) is 0 Å². The number of H-pyrrole nitrogens is 1. The molecule has 0 saturated heterocycles. The zero-order chi connectivity index (χ0) is 12.1. The zero-order valence-corrected chi connectivity index (χ0v) is 9.34. The molecule has 0 aliphatic rings. The van der Waals surface area contributed by atoms with Gasteiger partial charge in [-0.25, -0.2) is 4.79 Å². The van der Waals surface area contributed by atoms with Gasteiger partial charge in [-0.1, -0.05) is 0 Å². The Bertz CT molecular complexity index is 468. The van der Waals surface area contributed by atoms with Crippen molar-refractivity contribution in [2.24, 2.45) is 0 Å². The Hall–Kier alpha value is -2.37. The molecule has 2 aromatic heterocycles. The van der Waals surface area contributed by atoms with Crippen LogP contribution in [0.4, 0.5) is 10.5 Å². The van der Waals surface area contributed by atoms with Gasteiger partial charge in [0.1, 0.15) is 0 Å². The zero-order valence-electron chi connectivity index (χ0n) is 9.34. The number of aromatic nitrogens is 3. The van der Waals surface area contributed by atoms with E-state index in [0.717, 1.165) is 5.56 Å². The van der Waals surface area contributed by atoms with Crippen molar-refractivity contribution < 1.29 is 4.79 Å². The molecule has 17 heavy (non-hydrogen) atoms. The van der Waals surface area contributed by atoms with Crippen molar-refractivity contribution in [2.75, 3.05) is 5.32 Å². The molecule has 2 aromatic rings. The maximum absolute atomic E-state index is 11.6. The lowest BCUT2D eigenvalue weighted by Crippen LogP contribution is -2.31. The van der Waals surface area contributed by atoms with E-state index < -0.39 is 0 Å². The van der Waals surface area contributed by atoms with E-state index in [9.17, 15) is 4.79 Å². The molecule has 0 unspecified atom stereocenters. The maximum Gasteiger partial charge on any atom is 0.319 e. The highest BCUT2D eigenvalue weighted by Gasteiger charge is 2.09. The second-order valence-electron chi connectivity index (χ2n) is 3.59. The highest BCUT2D eigenvalue weighted by molar-refractivity contribution is 5.89. The Morgan fingerprint density at radius 3 is 2.82 bits per heavy atom. The molecule has 0 aromatic carbocycles. The summed E-state index contributed by atoms with van der Waals surface area (Å²) in [6.07, 6.45) is 6.54. The number of pyridine rings is 1. The van der Waals surface area contributed by atoms with Crippen LogP contribution in [0.3, 0.4) is 0 Å². The first-order valence-corrected chi connectivity index (χ1v) is 5.22. The molecule has 0 spiro atoms. The molecular weight excluding hydrogens is 218 g/mol. The minimum Gasteiger partial charge on any atom is -0.331 e. The maximum atomic E-state index is 11.6. The Morgan fingerprint density at radius 1 is 1.41 bits per heavy atom. The van der Waals surface area contributed by atoms with Crippen LogP contribution in [0.2, 0.25) is 0 Å². The van der Waals surface area contributed by atoms with Gasteiger partial charge in [-0.15, -0.1) is 0 Å². The number of anilines is 1. The summed E-state index contributed by atoms with van der Waals surface area (Å²) in [4.78, 5) is 15.5. The fourth-order valence-electron chi connectivity index (χ4n) is 1.42. The van der Waals surface area contributed by atoms with Crippen molar-refractivity contribution in [3.05, 3.63) is 42.5 Å². The molecule has 3 N–H and O–H groups in total. The van der Waals surface area contributed by atoms with Gasteiger partial charge in [-0.2, -0.15) is 5.10 Å². The molecule has 0 bridgehead atoms. The Balaban J connectivity index is 1.91. The fourth-order valence-corrected chi connectivity index (χ4v) is 1.42. The van der Waals surface area contributed by atoms with E-state index in [-0.39, 0.29) is 12.1 Å². The van der Waals surface area contributed by atoms with Crippen LogP contribution >= 0.6 is 0 Å². The number of urea groups is 1. The number of aromatic amines is 1. The highest BCUT2D eigenvalue weighted by Crippen LogP contribution is 2.10. The second-order valence-corrected chi connectivity index (χ2v) is 3.59. The van der Waals surface area contributed by atoms with Gasteiger partial charge in [0, 0.05) is 18.6 Å². The summed E-state index contributed by atoms with van der Waals surface area (Å²) in [6.45, 7) is 1.91. The van der Waals surface area contributed by atoms with Gasteiger partial charge in [0.25, 0.3) is 0 Å². The minimum atomic E-state index is -0.268. The molecule has 0 saturated carbocycles. The predicted molar refractivity (Wildman–Crippen MR) is 63.4 cm³/mol. The summed E-state index contributed by atoms with van der Waals surface area (Å²) in [7, 11) is 0. The number of nitrogens with one attached hydrogen (secondary N) is 3. The molecule has 0 aliphatic heterocycles. The lowest BCUT2D eigenvalue weighted by molar-refractivity contribution is 0.249. The predicted octanol–water partition coefficient (Wildman–Crippen LogP) is 1.69. The van der Waals surface area contributed by atoms with Gasteiger partial charge < -0.3 is 10.6 Å². The molecular formula is C11H13N5O. The third kappa shape index (κ3) is 3.04. The summed E-state index contributed by atoms with van der Waals surface area (Å²) < 4.78 is 0. The molecule has 2 rings (SSSR count). The fraction of sp³-hybridized carbons (Fsp3) is 0.182. The Kier molecular flexibility index (Phi) is 3.34. The van der Waals surface area contributed by atoms with Gasteiger partial charge in [-0.3, -0.25) is 10.1 Å². The minimum absolute atomic E-state index is 0.0788. The quantitative estimate of drug-likeness (QED) is 0.751. The first-order chi connectivity index (χ1) is 8.25. The largest absolute Gasteiger partial charge is 0.331 e. The van der Waals surface area contributed by atoms with Crippen LogP contribution in [-0.4, -0.2) is 21.2 Å². The average molecular weight is 231 g/mol. The summed E-state index contributed by atoms with van der Waals surface area (Å²) in [5, 5.41) is 11.8. The normalized spacial score (nSPS) is 11.8. The summed E-state index contributed by atoms with van der Waals surface area (Å²) >= 11 is 0. The van der Waals surface area contributed by atoms with Gasteiger partial charge >= 0.3 is 6.03 Å². The third-order valence-corrected chi connectivity index (χ3v) is 2.31. The Morgan fingerprint density at radius 2 is 2.18 bits per heavy atom. The monoisotopic (exact) mass is 231 g/mol. The number of rotatable bonds is 3. The van der Waals surface area contributed by atoms with Crippen LogP contribution < -0.4 is 10.6 Å². The van der Waals surface area contributed by atoms with Gasteiger partial charge in [0.2, 0.25) is 0 Å². The summed E-state index contributed by atoms with van der Waals surface area (Å²) in [6, 6.07) is 3.38. The standard InChI is InChI=1S/C11H13N5O/c1-8(9-2-4-12-5-3-9)15-11(17)16-10-6-13-14-7-10/h2-8H,1H3,(H,13,14)(H2,15,16,17)/t8-/m0/s1. The van der Waals surface area contributed by atoms with E-state index in [1.165, 1.54) is 6.20 Å². The van der Waals surface area contributed by atoms with E-state index in [4.69, 9.17) is 0 Å². The topological polar surface area (TPSA) is 82.7 Å². The number of carbonyl (C=O) groups excluding carboxylic acids is 1. The molecule has 0 aliphatic carbocycles. The molecule has 2 amide bonds. The van der Waals surface area contributed by atoms with E-state index in [2.05, 4.69) is 25.8 Å². The molecule has 0 radical (unpaired) electrons. The highest BCUT2D eigenvalue weighted by atomic mass is 16.2. The first kappa shape index (κ1) is 11.1. The van der Waals surface area contributed by atoms with Crippen molar-refractivity contribution in [3.8, 4) is 0 Å². The van der Waals surface area contributed by atoms with Crippen LogP contribution in [0.5, 0.6) is 0 Å². The molecule has 6 nitrogen and oxygen atoms in total. The number of nitrogens with zero attached hydrogens (tertiary/aromatic N) is 2. The van der Waals surface area contributed by atoms with Crippen LogP contribution in [0.15, 0.2) is 36.9 Å². The number of hydrogen-bond donors (Lipinski definition) is 3. The smallest absolute Gasteiger partial charge is 0.319 e. The second kappa shape index (κ2) is 5.11. The lowest BCUT2D eigenvalue weighted by atomic mass is 10.1. The summed E-state index contributed by atoms with van der Waals surface area (Å²) in [5.74, 6) is 0. The Labute approximate surface area is 98.5 Å². The van der Waals surface area contributed by atoms with Crippen molar-refractivity contribution in [1.82, 2.24) is 20.5 Å². The van der Waals surface area contributed by atoms with Crippen LogP contribution in [0.1, 0.15) is 18.5 Å². The van der Waals surface area contributed by atoms with Gasteiger partial charge in [0.15, 0.2) is 0 Å². The van der Waals surface area contributed by atoms with Crippen molar-refractivity contribution in [2.45, 2.75) is 13.0 Å². The molecule has 1 atom stereocenters. The van der Waals surface area contributed by atoms with Crippen LogP contribution in [-0.2, 0) is 0 Å². The van der Waals surface area contributed by atoms with E-state index in [0.29, 0.717) is 5.69 Å². The van der Waals surface area contributed by atoms with Crippen LogP contribution in [0, 0.1) is 0 Å². The number of amides is 2. The number of hydrogen-bond acceptors (Lipinski definition) is 3. The van der Waals surface area contributed by atoms with Crippen molar-refractivity contribution >= 4 is 11.7 Å². The van der Waals surface area contributed by atoms with Crippen molar-refractivity contribution in [3.63, 3.8) is 0 Å². The molecule has 0 fully saturated rings. The summed E-state index contributed by atoms with van der Waals surface area (Å²) in [5.41, 5.74) is 1.63. The molecule has 88 valence electrons. The third-order valence-electron chi connectivity index (χ3n) is 2.31. The van der Waals surface area contributed by atoms with Gasteiger partial charge in [-0.05, 0) is 24.6 Å². The SMILES string of the molecule is C[C@H](NC(=O)Nc1cn[nH]c1)c1ccncc1.